The molecule has 18 heavy (non-hydrogen) atoms. The molecular weight excluding hydrogens is 228 g/mol. The second-order valence-corrected chi connectivity index (χ2v) is 4.71. The average molecular weight is 248 g/mol. The molecule has 1 fully saturated rings. The van der Waals surface area contributed by atoms with Crippen LogP contribution in [0.1, 0.15) is 24.4 Å². The van der Waals surface area contributed by atoms with E-state index in [-0.39, 0.29) is 5.91 Å². The van der Waals surface area contributed by atoms with Crippen LogP contribution < -0.4 is 11.1 Å². The van der Waals surface area contributed by atoms with Crippen LogP contribution in [-0.2, 0) is 9.53 Å². The van der Waals surface area contributed by atoms with Gasteiger partial charge in [-0.05, 0) is 30.9 Å². The molecule has 0 aliphatic carbocycles. The van der Waals surface area contributed by atoms with E-state index < -0.39 is 6.04 Å². The third-order valence-electron chi connectivity index (χ3n) is 3.37. The highest BCUT2D eigenvalue weighted by Crippen LogP contribution is 2.17. The van der Waals surface area contributed by atoms with Crippen molar-refractivity contribution >= 4 is 5.91 Å². The van der Waals surface area contributed by atoms with E-state index in [2.05, 4.69) is 5.32 Å². The molecule has 1 amide bonds. The maximum Gasteiger partial charge on any atom is 0.239 e. The molecule has 1 aromatic carbocycles. The number of nitrogens with one attached hydrogen (secondary N) is 1. The fraction of sp³-hybridized carbons (Fsp3) is 0.500. The molecule has 2 rings (SSSR count). The molecule has 1 heterocycles. The summed E-state index contributed by atoms with van der Waals surface area (Å²) in [5.41, 5.74) is 6.39. The zero-order valence-corrected chi connectivity index (χ0v) is 10.5. The van der Waals surface area contributed by atoms with Gasteiger partial charge in [0.1, 0.15) is 6.04 Å². The molecule has 0 saturated carbocycles. The maximum atomic E-state index is 11.5. The van der Waals surface area contributed by atoms with Gasteiger partial charge in [0.15, 0.2) is 0 Å². The third-order valence-corrected chi connectivity index (χ3v) is 3.37. The largest absolute Gasteiger partial charge is 0.381 e. The number of benzene rings is 1. The number of primary amides is 1. The van der Waals surface area contributed by atoms with Gasteiger partial charge in [-0.2, -0.15) is 0 Å². The van der Waals surface area contributed by atoms with Crippen molar-refractivity contribution < 1.29 is 9.53 Å². The van der Waals surface area contributed by atoms with E-state index in [9.17, 15) is 4.79 Å². The molecule has 0 unspecified atom stereocenters. The van der Waals surface area contributed by atoms with E-state index in [4.69, 9.17) is 10.5 Å². The van der Waals surface area contributed by atoms with E-state index in [1.54, 1.807) is 0 Å². The summed E-state index contributed by atoms with van der Waals surface area (Å²) in [6.45, 7) is 2.45. The zero-order chi connectivity index (χ0) is 12.8. The van der Waals surface area contributed by atoms with Gasteiger partial charge in [-0.3, -0.25) is 4.79 Å². The molecule has 1 atom stereocenters. The second kappa shape index (κ2) is 6.52. The highest BCUT2D eigenvalue weighted by Gasteiger charge is 2.20. The number of ether oxygens (including phenoxy) is 1. The van der Waals surface area contributed by atoms with Crippen LogP contribution in [0.15, 0.2) is 30.3 Å². The first kappa shape index (κ1) is 13.1. The SMILES string of the molecule is NC(=O)[C@H](NCC1CCOCC1)c1ccccc1. The van der Waals surface area contributed by atoms with E-state index >= 15 is 0 Å². The number of amides is 1. The van der Waals surface area contributed by atoms with Gasteiger partial charge in [0.2, 0.25) is 5.91 Å². The van der Waals surface area contributed by atoms with Crippen LogP contribution >= 0.6 is 0 Å². The number of carbonyl (C=O) groups excluding carboxylic acids is 1. The molecule has 0 radical (unpaired) electrons. The van der Waals surface area contributed by atoms with Crippen molar-refractivity contribution in [1.82, 2.24) is 5.32 Å². The second-order valence-electron chi connectivity index (χ2n) is 4.71. The van der Waals surface area contributed by atoms with Crippen molar-refractivity contribution in [2.24, 2.45) is 11.7 Å². The monoisotopic (exact) mass is 248 g/mol. The van der Waals surface area contributed by atoms with Crippen molar-refractivity contribution in [1.29, 1.82) is 0 Å². The van der Waals surface area contributed by atoms with Gasteiger partial charge in [0.25, 0.3) is 0 Å². The molecular formula is C14H20N2O2. The highest BCUT2D eigenvalue weighted by molar-refractivity contribution is 5.81. The topological polar surface area (TPSA) is 64.4 Å². The van der Waals surface area contributed by atoms with E-state index in [1.165, 1.54) is 0 Å². The lowest BCUT2D eigenvalue weighted by Gasteiger charge is -2.24. The lowest BCUT2D eigenvalue weighted by atomic mass is 9.99. The van der Waals surface area contributed by atoms with Crippen molar-refractivity contribution in [2.45, 2.75) is 18.9 Å². The van der Waals surface area contributed by atoms with E-state index in [0.717, 1.165) is 38.2 Å². The predicted molar refractivity (Wildman–Crippen MR) is 69.9 cm³/mol. The standard InChI is InChI=1S/C14H20N2O2/c15-14(17)13(12-4-2-1-3-5-12)16-10-11-6-8-18-9-7-11/h1-5,11,13,16H,6-10H2,(H2,15,17)/t13-/m1/s1. The fourth-order valence-electron chi connectivity index (χ4n) is 2.26. The van der Waals surface area contributed by atoms with Crippen molar-refractivity contribution in [2.75, 3.05) is 19.8 Å². The van der Waals surface area contributed by atoms with Crippen molar-refractivity contribution in [3.63, 3.8) is 0 Å². The molecule has 1 aliphatic heterocycles. The Hall–Kier alpha value is -1.39. The molecule has 3 N–H and O–H groups in total. The summed E-state index contributed by atoms with van der Waals surface area (Å²) in [5.74, 6) is 0.248. The summed E-state index contributed by atoms with van der Waals surface area (Å²) in [7, 11) is 0. The van der Waals surface area contributed by atoms with Crippen LogP contribution in [0.5, 0.6) is 0 Å². The Bertz CT molecular complexity index is 375. The third kappa shape index (κ3) is 3.55. The number of hydrogen-bond donors (Lipinski definition) is 2. The molecule has 1 saturated heterocycles. The fourth-order valence-corrected chi connectivity index (χ4v) is 2.26. The Labute approximate surface area is 108 Å². The Morgan fingerprint density at radius 3 is 2.61 bits per heavy atom. The number of carbonyl (C=O) groups is 1. The molecule has 0 aromatic heterocycles. The lowest BCUT2D eigenvalue weighted by Crippen LogP contribution is -2.37. The summed E-state index contributed by atoms with van der Waals surface area (Å²) in [6.07, 6.45) is 2.10. The molecule has 4 nitrogen and oxygen atoms in total. The normalized spacial score (nSPS) is 18.4. The minimum atomic E-state index is -0.394. The first-order valence-electron chi connectivity index (χ1n) is 6.43. The quantitative estimate of drug-likeness (QED) is 0.823. The van der Waals surface area contributed by atoms with Gasteiger partial charge in [0, 0.05) is 13.2 Å². The summed E-state index contributed by atoms with van der Waals surface area (Å²) in [6, 6.07) is 9.22. The predicted octanol–water partition coefficient (Wildman–Crippen LogP) is 1.23. The van der Waals surface area contributed by atoms with Crippen LogP contribution in [-0.4, -0.2) is 25.7 Å². The smallest absolute Gasteiger partial charge is 0.239 e. The molecule has 4 heteroatoms. The number of nitrogens with two attached hydrogens (primary N) is 1. The maximum absolute atomic E-state index is 11.5. The highest BCUT2D eigenvalue weighted by atomic mass is 16.5. The van der Waals surface area contributed by atoms with Crippen LogP contribution in [0.4, 0.5) is 0 Å². The van der Waals surface area contributed by atoms with Gasteiger partial charge in [-0.25, -0.2) is 0 Å². The van der Waals surface area contributed by atoms with Gasteiger partial charge in [-0.15, -0.1) is 0 Å². The van der Waals surface area contributed by atoms with Gasteiger partial charge >= 0.3 is 0 Å². The molecule has 98 valence electrons. The van der Waals surface area contributed by atoms with E-state index in [0.29, 0.717) is 5.92 Å². The Morgan fingerprint density at radius 1 is 1.33 bits per heavy atom. The number of rotatable bonds is 5. The summed E-state index contributed by atoms with van der Waals surface area (Å²) >= 11 is 0. The molecule has 1 aromatic rings. The number of hydrogen-bond acceptors (Lipinski definition) is 3. The molecule has 0 bridgehead atoms. The minimum absolute atomic E-state index is 0.326. The summed E-state index contributed by atoms with van der Waals surface area (Å²) in [4.78, 5) is 11.5. The van der Waals surface area contributed by atoms with Crippen LogP contribution in [0.2, 0.25) is 0 Å². The summed E-state index contributed by atoms with van der Waals surface area (Å²) < 4.78 is 5.32. The lowest BCUT2D eigenvalue weighted by molar-refractivity contribution is -0.120. The van der Waals surface area contributed by atoms with Gasteiger partial charge in [0.05, 0.1) is 0 Å². The minimum Gasteiger partial charge on any atom is -0.381 e. The Kier molecular flexibility index (Phi) is 4.73. The molecule has 0 spiro atoms. The van der Waals surface area contributed by atoms with Crippen LogP contribution in [0.25, 0.3) is 0 Å². The van der Waals surface area contributed by atoms with Crippen LogP contribution in [0, 0.1) is 5.92 Å². The molecule has 1 aliphatic rings. The summed E-state index contributed by atoms with van der Waals surface area (Å²) in [5, 5.41) is 3.28. The first-order valence-corrected chi connectivity index (χ1v) is 6.43. The average Bonchev–Trinajstić information content (AvgIpc) is 2.41. The van der Waals surface area contributed by atoms with E-state index in [1.807, 2.05) is 30.3 Å². The van der Waals surface area contributed by atoms with Crippen LogP contribution in [0.3, 0.4) is 0 Å². The Balaban J connectivity index is 1.92. The first-order chi connectivity index (χ1) is 8.77. The van der Waals surface area contributed by atoms with Crippen molar-refractivity contribution in [3.8, 4) is 0 Å². The zero-order valence-electron chi connectivity index (χ0n) is 10.5. The van der Waals surface area contributed by atoms with Gasteiger partial charge in [-0.1, -0.05) is 30.3 Å². The Morgan fingerprint density at radius 2 is 2.00 bits per heavy atom. The van der Waals surface area contributed by atoms with Gasteiger partial charge < -0.3 is 15.8 Å². The van der Waals surface area contributed by atoms with Crippen molar-refractivity contribution in [3.05, 3.63) is 35.9 Å².